The fourth-order valence-corrected chi connectivity index (χ4v) is 5.28. The van der Waals surface area contributed by atoms with E-state index >= 15 is 0 Å². The van der Waals surface area contributed by atoms with Crippen LogP contribution >= 0.6 is 0 Å². The lowest BCUT2D eigenvalue weighted by molar-refractivity contribution is -0.113. The summed E-state index contributed by atoms with van der Waals surface area (Å²) in [5, 5.41) is 2.96. The molecule has 0 aliphatic heterocycles. The fourth-order valence-electron chi connectivity index (χ4n) is 4.14. The van der Waals surface area contributed by atoms with E-state index in [9.17, 15) is 13.2 Å². The van der Waals surface area contributed by atoms with E-state index in [1.165, 1.54) is 22.3 Å². The van der Waals surface area contributed by atoms with Crippen LogP contribution in [0.5, 0.6) is 0 Å². The van der Waals surface area contributed by atoms with Crippen LogP contribution in [0.4, 0.5) is 5.69 Å². The van der Waals surface area contributed by atoms with Gasteiger partial charge in [-0.25, -0.2) is 8.42 Å². The molecule has 1 amide bonds. The summed E-state index contributed by atoms with van der Waals surface area (Å²) in [6.45, 7) is 1.90. The molecule has 26 heavy (non-hydrogen) atoms. The number of anilines is 1. The largest absolute Gasteiger partial charge is 0.325 e. The van der Waals surface area contributed by atoms with E-state index in [1.807, 2.05) is 6.92 Å². The van der Waals surface area contributed by atoms with Gasteiger partial charge in [0.25, 0.3) is 0 Å². The third-order valence-corrected chi connectivity index (χ3v) is 7.07. The molecule has 0 bridgehead atoms. The van der Waals surface area contributed by atoms with Crippen LogP contribution in [-0.2, 0) is 40.3 Å². The Morgan fingerprint density at radius 2 is 1.54 bits per heavy atom. The van der Waals surface area contributed by atoms with Crippen LogP contribution in [0.25, 0.3) is 0 Å². The number of hydrogen-bond donors (Lipinski definition) is 1. The molecule has 0 aromatic heterocycles. The quantitative estimate of drug-likeness (QED) is 0.899. The van der Waals surface area contributed by atoms with Crippen molar-refractivity contribution in [2.24, 2.45) is 0 Å². The average molecular weight is 369 g/mol. The number of fused-ring (bicyclic) bond motifs is 2. The smallest absolute Gasteiger partial charge is 0.239 e. The molecule has 2 aliphatic carbocycles. The zero-order valence-electron chi connectivity index (χ0n) is 15.0. The van der Waals surface area contributed by atoms with Gasteiger partial charge in [-0.3, -0.25) is 4.79 Å². The topological polar surface area (TPSA) is 63.2 Å². The average Bonchev–Trinajstić information content (AvgIpc) is 3.23. The van der Waals surface area contributed by atoms with Crippen LogP contribution < -0.4 is 5.32 Å². The maximum atomic E-state index is 12.6. The van der Waals surface area contributed by atoms with Crippen LogP contribution in [0.1, 0.15) is 40.7 Å². The van der Waals surface area contributed by atoms with Crippen molar-refractivity contribution >= 4 is 21.4 Å². The summed E-state index contributed by atoms with van der Waals surface area (Å²) in [6, 6.07) is 8.93. The Morgan fingerprint density at radius 3 is 2.12 bits per heavy atom. The molecule has 0 fully saturated rings. The number of nitrogens with one attached hydrogen (secondary N) is 1. The molecule has 136 valence electrons. The SMILES string of the molecule is Cc1ccc(S(=O)(=O)CC(=O)Nc2c3c(cc4c2CCC4)CCC3)cc1. The molecule has 0 atom stereocenters. The summed E-state index contributed by atoms with van der Waals surface area (Å²) in [5.41, 5.74) is 6.96. The van der Waals surface area contributed by atoms with E-state index in [0.717, 1.165) is 49.8 Å². The highest BCUT2D eigenvalue weighted by molar-refractivity contribution is 7.92. The van der Waals surface area contributed by atoms with Crippen LogP contribution in [0.15, 0.2) is 35.2 Å². The van der Waals surface area contributed by atoms with E-state index in [4.69, 9.17) is 0 Å². The number of amides is 1. The molecule has 1 N–H and O–H groups in total. The van der Waals surface area contributed by atoms with Gasteiger partial charge in [0.15, 0.2) is 9.84 Å². The second-order valence-corrected chi connectivity index (χ2v) is 9.34. The highest BCUT2D eigenvalue weighted by Crippen LogP contribution is 2.38. The Hall–Kier alpha value is -2.14. The second kappa shape index (κ2) is 6.54. The molecule has 0 spiro atoms. The molecule has 0 unspecified atom stereocenters. The molecule has 0 saturated carbocycles. The summed E-state index contributed by atoms with van der Waals surface area (Å²) in [5.74, 6) is -0.964. The van der Waals surface area contributed by atoms with Crippen LogP contribution in [0, 0.1) is 6.92 Å². The summed E-state index contributed by atoms with van der Waals surface area (Å²) in [6.07, 6.45) is 6.22. The van der Waals surface area contributed by atoms with Gasteiger partial charge in [-0.05, 0) is 79.8 Å². The maximum absolute atomic E-state index is 12.6. The van der Waals surface area contributed by atoms with Gasteiger partial charge in [-0.1, -0.05) is 23.8 Å². The molecule has 4 rings (SSSR count). The Morgan fingerprint density at radius 1 is 0.962 bits per heavy atom. The van der Waals surface area contributed by atoms with Gasteiger partial charge in [0.05, 0.1) is 4.90 Å². The van der Waals surface area contributed by atoms with Crippen molar-refractivity contribution in [3.05, 3.63) is 58.1 Å². The standard InChI is InChI=1S/C21H23NO3S/c1-14-8-10-17(11-9-14)26(24,25)13-20(23)22-21-18-6-2-4-15(18)12-16-5-3-7-19(16)21/h8-12H,2-7,13H2,1H3,(H,22,23). The van der Waals surface area contributed by atoms with Crippen molar-refractivity contribution in [1.29, 1.82) is 0 Å². The summed E-state index contributed by atoms with van der Waals surface area (Å²) >= 11 is 0. The zero-order valence-corrected chi connectivity index (χ0v) is 15.8. The number of rotatable bonds is 4. The van der Waals surface area contributed by atoms with E-state index in [-0.39, 0.29) is 4.90 Å². The predicted octanol–water partition coefficient (Wildman–Crippen LogP) is 3.38. The first-order valence-electron chi connectivity index (χ1n) is 9.20. The molecule has 4 nitrogen and oxygen atoms in total. The van der Waals surface area contributed by atoms with Crippen LogP contribution in [0.3, 0.4) is 0 Å². The predicted molar refractivity (Wildman–Crippen MR) is 102 cm³/mol. The Bertz CT molecular complexity index is 943. The molecular formula is C21H23NO3S. The molecule has 0 radical (unpaired) electrons. The monoisotopic (exact) mass is 369 g/mol. The molecule has 0 heterocycles. The molecular weight excluding hydrogens is 346 g/mol. The van der Waals surface area contributed by atoms with Crippen molar-refractivity contribution < 1.29 is 13.2 Å². The van der Waals surface area contributed by atoms with E-state index < -0.39 is 21.5 Å². The van der Waals surface area contributed by atoms with E-state index in [1.54, 1.807) is 24.3 Å². The van der Waals surface area contributed by atoms with Crippen molar-refractivity contribution in [1.82, 2.24) is 0 Å². The maximum Gasteiger partial charge on any atom is 0.239 e. The van der Waals surface area contributed by atoms with Gasteiger partial charge >= 0.3 is 0 Å². The first kappa shape index (κ1) is 17.3. The summed E-state index contributed by atoms with van der Waals surface area (Å²) in [7, 11) is -3.64. The van der Waals surface area contributed by atoms with E-state index in [0.29, 0.717) is 0 Å². The third kappa shape index (κ3) is 3.16. The number of hydrogen-bond acceptors (Lipinski definition) is 3. The molecule has 2 aromatic carbocycles. The minimum atomic E-state index is -3.64. The van der Waals surface area contributed by atoms with Crippen LogP contribution in [-0.4, -0.2) is 20.1 Å². The number of carbonyl (C=O) groups excluding carboxylic acids is 1. The Balaban J connectivity index is 1.59. The third-order valence-electron chi connectivity index (χ3n) is 5.44. The van der Waals surface area contributed by atoms with Gasteiger partial charge < -0.3 is 5.32 Å². The molecule has 5 heteroatoms. The summed E-state index contributed by atoms with van der Waals surface area (Å²) in [4.78, 5) is 12.8. The molecule has 2 aliphatic rings. The fraction of sp³-hybridized carbons (Fsp3) is 0.381. The van der Waals surface area contributed by atoms with E-state index in [2.05, 4.69) is 11.4 Å². The van der Waals surface area contributed by atoms with Crippen molar-refractivity contribution in [2.45, 2.75) is 50.3 Å². The number of aryl methyl sites for hydroxylation is 3. The zero-order chi connectivity index (χ0) is 18.3. The first-order valence-corrected chi connectivity index (χ1v) is 10.8. The first-order chi connectivity index (χ1) is 12.4. The number of carbonyl (C=O) groups is 1. The molecule has 0 saturated heterocycles. The second-order valence-electron chi connectivity index (χ2n) is 7.35. The Labute approximate surface area is 154 Å². The van der Waals surface area contributed by atoms with Gasteiger partial charge in [-0.2, -0.15) is 0 Å². The lowest BCUT2D eigenvalue weighted by Gasteiger charge is -2.16. The number of sulfone groups is 1. The van der Waals surface area contributed by atoms with Crippen molar-refractivity contribution in [3.63, 3.8) is 0 Å². The molecule has 2 aromatic rings. The van der Waals surface area contributed by atoms with Crippen molar-refractivity contribution in [2.75, 3.05) is 11.1 Å². The highest BCUT2D eigenvalue weighted by atomic mass is 32.2. The lowest BCUT2D eigenvalue weighted by Crippen LogP contribution is -2.24. The van der Waals surface area contributed by atoms with Gasteiger partial charge in [-0.15, -0.1) is 0 Å². The van der Waals surface area contributed by atoms with Crippen LogP contribution in [0.2, 0.25) is 0 Å². The Kier molecular flexibility index (Phi) is 4.35. The minimum absolute atomic E-state index is 0.196. The van der Waals surface area contributed by atoms with Gasteiger partial charge in [0.1, 0.15) is 5.75 Å². The lowest BCUT2D eigenvalue weighted by atomic mass is 9.98. The summed E-state index contributed by atoms with van der Waals surface area (Å²) < 4.78 is 25.1. The number of benzene rings is 2. The highest BCUT2D eigenvalue weighted by Gasteiger charge is 2.26. The normalized spacial score (nSPS) is 15.6. The minimum Gasteiger partial charge on any atom is -0.325 e. The van der Waals surface area contributed by atoms with Crippen molar-refractivity contribution in [3.8, 4) is 0 Å². The van der Waals surface area contributed by atoms with Gasteiger partial charge in [0, 0.05) is 5.69 Å². The van der Waals surface area contributed by atoms with Gasteiger partial charge in [0.2, 0.25) is 5.91 Å².